The first-order chi connectivity index (χ1) is 5.20. The lowest BCUT2D eigenvalue weighted by Gasteiger charge is -2.33. The smallest absolute Gasteiger partial charge is 0.0122 e. The second-order valence-electron chi connectivity index (χ2n) is 3.71. The highest BCUT2D eigenvalue weighted by molar-refractivity contribution is 5.10. The van der Waals surface area contributed by atoms with Crippen LogP contribution >= 0.6 is 0 Å². The number of rotatable bonds is 2. The summed E-state index contributed by atoms with van der Waals surface area (Å²) in [4.78, 5) is 10.2. The van der Waals surface area contributed by atoms with Crippen LogP contribution in [-0.2, 0) is 0 Å². The molecule has 0 saturated heterocycles. The maximum absolute atomic E-state index is 10.2. The van der Waals surface area contributed by atoms with E-state index in [0.717, 1.165) is 38.0 Å². The third kappa shape index (κ3) is 1.06. The molecule has 2 aliphatic carbocycles. The standard InChI is InChI=1S/C7H11N2O2/c10-9(11)8-7-3-1-6(5-7)2-4-7/h6H,1-5H2/q-1. The second kappa shape index (κ2) is 2.09. The van der Waals surface area contributed by atoms with Crippen molar-refractivity contribution in [1.29, 1.82) is 0 Å². The van der Waals surface area contributed by atoms with Gasteiger partial charge in [0.2, 0.25) is 0 Å². The van der Waals surface area contributed by atoms with E-state index in [1.807, 2.05) is 0 Å². The van der Waals surface area contributed by atoms with E-state index in [2.05, 4.69) is 5.43 Å². The van der Waals surface area contributed by atoms with Gasteiger partial charge in [-0.25, -0.2) is 0 Å². The summed E-state index contributed by atoms with van der Waals surface area (Å²) in [6.07, 6.45) is 5.15. The Hall–Kier alpha value is -0.800. The zero-order valence-electron chi connectivity index (χ0n) is 6.32. The fourth-order valence-electron chi connectivity index (χ4n) is 2.47. The van der Waals surface area contributed by atoms with E-state index in [4.69, 9.17) is 0 Å². The van der Waals surface area contributed by atoms with Gasteiger partial charge in [0.15, 0.2) is 0 Å². The van der Waals surface area contributed by atoms with Crippen LogP contribution in [0.3, 0.4) is 0 Å². The van der Waals surface area contributed by atoms with Gasteiger partial charge in [0.1, 0.15) is 0 Å². The van der Waals surface area contributed by atoms with Crippen molar-refractivity contribution in [3.63, 3.8) is 0 Å². The molecule has 0 spiro atoms. The van der Waals surface area contributed by atoms with E-state index in [9.17, 15) is 10.1 Å². The molecule has 0 heterocycles. The molecular weight excluding hydrogens is 144 g/mol. The molecule has 0 amide bonds. The van der Waals surface area contributed by atoms with Gasteiger partial charge in [0.25, 0.3) is 0 Å². The van der Waals surface area contributed by atoms with Crippen LogP contribution in [0, 0.1) is 16.0 Å². The van der Waals surface area contributed by atoms with Crippen LogP contribution < -0.4 is 0 Å². The van der Waals surface area contributed by atoms with Crippen molar-refractivity contribution in [3.8, 4) is 0 Å². The first-order valence-corrected chi connectivity index (χ1v) is 4.07. The summed E-state index contributed by atoms with van der Waals surface area (Å²) in [6, 6.07) is 0. The monoisotopic (exact) mass is 155 g/mol. The second-order valence-corrected chi connectivity index (χ2v) is 3.71. The van der Waals surface area contributed by atoms with E-state index in [1.54, 1.807) is 0 Å². The maximum atomic E-state index is 10.2. The number of nitrogens with zero attached hydrogens (tertiary/aromatic N) is 2. The molecule has 4 nitrogen and oxygen atoms in total. The van der Waals surface area contributed by atoms with Crippen molar-refractivity contribution in [2.24, 2.45) is 5.92 Å². The highest BCUT2D eigenvalue weighted by Gasteiger charge is 2.40. The summed E-state index contributed by atoms with van der Waals surface area (Å²) in [5, 5.41) is 9.67. The molecule has 0 aromatic carbocycles. The third-order valence-corrected chi connectivity index (χ3v) is 3.00. The Morgan fingerprint density at radius 3 is 2.45 bits per heavy atom. The highest BCUT2D eigenvalue weighted by Crippen LogP contribution is 2.51. The van der Waals surface area contributed by atoms with Crippen LogP contribution in [0.15, 0.2) is 0 Å². The Bertz CT molecular complexity index is 185. The normalized spacial score (nSPS) is 40.9. The molecule has 11 heavy (non-hydrogen) atoms. The molecule has 0 N–H and O–H groups in total. The average Bonchev–Trinajstić information content (AvgIpc) is 2.43. The predicted octanol–water partition coefficient (Wildman–Crippen LogP) is 1.88. The van der Waals surface area contributed by atoms with Crippen LogP contribution in [-0.4, -0.2) is 10.6 Å². The molecular formula is C7H11N2O2-. The van der Waals surface area contributed by atoms with Crippen LogP contribution in [0.2, 0.25) is 0 Å². The van der Waals surface area contributed by atoms with Gasteiger partial charge in [-0.15, -0.1) is 0 Å². The molecule has 0 aromatic rings. The van der Waals surface area contributed by atoms with E-state index in [1.165, 1.54) is 0 Å². The van der Waals surface area contributed by atoms with E-state index >= 15 is 0 Å². The molecule has 0 radical (unpaired) electrons. The van der Waals surface area contributed by atoms with Crippen LogP contribution in [0.25, 0.3) is 5.43 Å². The van der Waals surface area contributed by atoms with Crippen LogP contribution in [0.1, 0.15) is 32.1 Å². The maximum Gasteiger partial charge on any atom is -0.0122 e. The quantitative estimate of drug-likeness (QED) is 0.451. The third-order valence-electron chi connectivity index (χ3n) is 3.00. The van der Waals surface area contributed by atoms with E-state index in [-0.39, 0.29) is 5.54 Å². The first kappa shape index (κ1) is 6.88. The van der Waals surface area contributed by atoms with Crippen LogP contribution in [0.4, 0.5) is 0 Å². The molecule has 62 valence electrons. The summed E-state index contributed by atoms with van der Waals surface area (Å²) in [7, 11) is 0. The lowest BCUT2D eigenvalue weighted by molar-refractivity contribution is -0.436. The number of fused-ring (bicyclic) bond motifs is 2. The molecule has 2 bridgehead atoms. The number of hydrogen-bond donors (Lipinski definition) is 0. The molecule has 2 fully saturated rings. The van der Waals surface area contributed by atoms with Crippen molar-refractivity contribution >= 4 is 0 Å². The van der Waals surface area contributed by atoms with Crippen molar-refractivity contribution in [1.82, 2.24) is 0 Å². The van der Waals surface area contributed by atoms with Gasteiger partial charge in [0.05, 0.1) is 0 Å². The van der Waals surface area contributed by atoms with Crippen molar-refractivity contribution in [2.75, 3.05) is 0 Å². The van der Waals surface area contributed by atoms with E-state index < -0.39 is 5.03 Å². The number of nitro groups is 1. The van der Waals surface area contributed by atoms with E-state index in [0.29, 0.717) is 0 Å². The SMILES string of the molecule is O=[N+]([O-])[N-]C12CCC(CC1)C2. The molecule has 0 unspecified atom stereocenters. The van der Waals surface area contributed by atoms with Gasteiger partial charge in [0, 0.05) is 0 Å². The van der Waals surface area contributed by atoms with Gasteiger partial charge in [-0.1, -0.05) is 37.6 Å². The fraction of sp³-hybridized carbons (Fsp3) is 1.00. The molecule has 4 heteroatoms. The largest absolute Gasteiger partial charge is 0.372 e. The highest BCUT2D eigenvalue weighted by atomic mass is 16.7. The Labute approximate surface area is 65.1 Å². The lowest BCUT2D eigenvalue weighted by Crippen LogP contribution is -2.23. The van der Waals surface area contributed by atoms with Crippen LogP contribution in [0.5, 0.6) is 0 Å². The summed E-state index contributed by atoms with van der Waals surface area (Å²) in [5.74, 6) is 0.735. The van der Waals surface area contributed by atoms with Gasteiger partial charge in [-0.3, -0.25) is 10.1 Å². The topological polar surface area (TPSA) is 57.2 Å². The number of hydrogen-bond acceptors (Lipinski definition) is 2. The molecule has 0 aliphatic heterocycles. The minimum Gasteiger partial charge on any atom is -0.372 e. The Morgan fingerprint density at radius 2 is 2.09 bits per heavy atom. The summed E-state index contributed by atoms with van der Waals surface area (Å²) in [6.45, 7) is 0. The van der Waals surface area contributed by atoms with Gasteiger partial charge in [-0.05, 0) is 11.0 Å². The Morgan fingerprint density at radius 1 is 1.45 bits per heavy atom. The van der Waals surface area contributed by atoms with Gasteiger partial charge in [-0.2, -0.15) is 0 Å². The molecule has 2 rings (SSSR count). The van der Waals surface area contributed by atoms with Crippen molar-refractivity contribution < 1.29 is 5.03 Å². The summed E-state index contributed by atoms with van der Waals surface area (Å²) >= 11 is 0. The Kier molecular flexibility index (Phi) is 1.31. The minimum absolute atomic E-state index is 0.242. The molecule has 2 saturated carbocycles. The van der Waals surface area contributed by atoms with Crippen molar-refractivity contribution in [3.05, 3.63) is 15.5 Å². The van der Waals surface area contributed by atoms with Gasteiger partial charge >= 0.3 is 0 Å². The lowest BCUT2D eigenvalue weighted by atomic mass is 9.95. The summed E-state index contributed by atoms with van der Waals surface area (Å²) < 4.78 is 0. The molecule has 2 aliphatic rings. The molecule has 0 aromatic heterocycles. The predicted molar refractivity (Wildman–Crippen MR) is 39.7 cm³/mol. The minimum atomic E-state index is -0.506. The first-order valence-electron chi connectivity index (χ1n) is 4.07. The average molecular weight is 155 g/mol. The van der Waals surface area contributed by atoms with Crippen molar-refractivity contribution in [2.45, 2.75) is 37.6 Å². The Balaban J connectivity index is 2.05. The zero-order valence-corrected chi connectivity index (χ0v) is 6.32. The fourth-order valence-corrected chi connectivity index (χ4v) is 2.47. The summed E-state index contributed by atoms with van der Waals surface area (Å²) in [5.41, 5.74) is 3.35. The zero-order chi connectivity index (χ0) is 7.90. The molecule has 0 atom stereocenters. The van der Waals surface area contributed by atoms with Gasteiger partial charge < -0.3 is 5.43 Å².